The van der Waals surface area contributed by atoms with Gasteiger partial charge in [0, 0.05) is 27.2 Å². The first-order chi connectivity index (χ1) is 10.5. The Labute approximate surface area is 130 Å². The highest BCUT2D eigenvalue weighted by atomic mass is 16.2. The van der Waals surface area contributed by atoms with Crippen LogP contribution in [-0.2, 0) is 25.3 Å². The Morgan fingerprint density at radius 2 is 1.77 bits per heavy atom. The zero-order valence-electron chi connectivity index (χ0n) is 13.5. The summed E-state index contributed by atoms with van der Waals surface area (Å²) >= 11 is 0. The average Bonchev–Trinajstić information content (AvgIpc) is 2.72. The van der Waals surface area contributed by atoms with E-state index in [-0.39, 0.29) is 11.6 Å². The predicted molar refractivity (Wildman–Crippen MR) is 86.8 cm³/mol. The summed E-state index contributed by atoms with van der Waals surface area (Å²) in [4.78, 5) is 26.3. The molecule has 5 heteroatoms. The minimum absolute atomic E-state index is 0.0384. The number of carbonyl (C=O) groups is 1. The summed E-state index contributed by atoms with van der Waals surface area (Å²) in [6.45, 7) is 3.98. The lowest BCUT2D eigenvalue weighted by molar-refractivity contribution is -0.131. The van der Waals surface area contributed by atoms with Gasteiger partial charge >= 0.3 is 5.69 Å². The third-order valence-electron chi connectivity index (χ3n) is 4.83. The molecule has 0 radical (unpaired) electrons. The van der Waals surface area contributed by atoms with Gasteiger partial charge in [0.05, 0.1) is 17.5 Å². The van der Waals surface area contributed by atoms with E-state index in [2.05, 4.69) is 6.92 Å². The first-order valence-corrected chi connectivity index (χ1v) is 7.89. The van der Waals surface area contributed by atoms with Crippen LogP contribution in [0.4, 0.5) is 0 Å². The zero-order chi connectivity index (χ0) is 15.9. The van der Waals surface area contributed by atoms with E-state index >= 15 is 0 Å². The van der Waals surface area contributed by atoms with Crippen molar-refractivity contribution in [3.63, 3.8) is 0 Å². The van der Waals surface area contributed by atoms with E-state index < -0.39 is 0 Å². The maximum Gasteiger partial charge on any atom is 0.328 e. The molecule has 0 spiro atoms. The lowest BCUT2D eigenvalue weighted by atomic mass is 9.98. The topological polar surface area (TPSA) is 47.2 Å². The number of hydrogen-bond acceptors (Lipinski definition) is 2. The minimum atomic E-state index is -0.0384. The van der Waals surface area contributed by atoms with Gasteiger partial charge in [-0.3, -0.25) is 13.9 Å². The Morgan fingerprint density at radius 3 is 2.45 bits per heavy atom. The molecule has 1 fully saturated rings. The number of nitrogens with zero attached hydrogens (tertiary/aromatic N) is 3. The van der Waals surface area contributed by atoms with E-state index in [1.807, 2.05) is 23.1 Å². The van der Waals surface area contributed by atoms with Crippen LogP contribution < -0.4 is 5.69 Å². The van der Waals surface area contributed by atoms with E-state index in [1.54, 1.807) is 23.2 Å². The fourth-order valence-corrected chi connectivity index (χ4v) is 3.21. The van der Waals surface area contributed by atoms with Crippen LogP contribution >= 0.6 is 0 Å². The van der Waals surface area contributed by atoms with Crippen molar-refractivity contribution in [1.82, 2.24) is 14.0 Å². The van der Waals surface area contributed by atoms with Crippen LogP contribution in [0.1, 0.15) is 25.3 Å². The standard InChI is InChI=1S/C17H23N3O2/c1-12-6-8-20(9-7-12)16(21)11-13-4-5-14-15(10-13)19(3)17(22)18(14)2/h4-5,10,12H,6-9,11H2,1-3H3. The lowest BCUT2D eigenvalue weighted by Gasteiger charge is -2.30. The fraction of sp³-hybridized carbons (Fsp3) is 0.529. The SMILES string of the molecule is CC1CCN(C(=O)Cc2ccc3c(c2)n(C)c(=O)n3C)CC1. The van der Waals surface area contributed by atoms with E-state index in [0.29, 0.717) is 6.42 Å². The quantitative estimate of drug-likeness (QED) is 0.847. The molecule has 5 nitrogen and oxygen atoms in total. The van der Waals surface area contributed by atoms with Crippen LogP contribution in [0.2, 0.25) is 0 Å². The Balaban J connectivity index is 1.81. The summed E-state index contributed by atoms with van der Waals surface area (Å²) in [5.41, 5.74) is 2.71. The molecule has 0 bridgehead atoms. The number of amides is 1. The summed E-state index contributed by atoms with van der Waals surface area (Å²) in [5.74, 6) is 0.909. The van der Waals surface area contributed by atoms with E-state index in [9.17, 15) is 9.59 Å². The number of hydrogen-bond donors (Lipinski definition) is 0. The molecule has 1 aromatic carbocycles. The van der Waals surface area contributed by atoms with Crippen LogP contribution in [0.25, 0.3) is 11.0 Å². The van der Waals surface area contributed by atoms with Crippen molar-refractivity contribution in [3.05, 3.63) is 34.2 Å². The number of imidazole rings is 1. The number of benzene rings is 1. The Morgan fingerprint density at radius 1 is 1.14 bits per heavy atom. The van der Waals surface area contributed by atoms with Gasteiger partial charge in [0.1, 0.15) is 0 Å². The molecular formula is C17H23N3O2. The maximum atomic E-state index is 12.4. The highest BCUT2D eigenvalue weighted by Gasteiger charge is 2.20. The third-order valence-corrected chi connectivity index (χ3v) is 4.83. The highest BCUT2D eigenvalue weighted by molar-refractivity contribution is 5.82. The minimum Gasteiger partial charge on any atom is -0.342 e. The van der Waals surface area contributed by atoms with Gasteiger partial charge in [-0.05, 0) is 36.5 Å². The van der Waals surface area contributed by atoms with Crippen molar-refractivity contribution in [2.75, 3.05) is 13.1 Å². The van der Waals surface area contributed by atoms with Gasteiger partial charge in [-0.1, -0.05) is 13.0 Å². The fourth-order valence-electron chi connectivity index (χ4n) is 3.21. The van der Waals surface area contributed by atoms with Gasteiger partial charge < -0.3 is 4.90 Å². The largest absolute Gasteiger partial charge is 0.342 e. The van der Waals surface area contributed by atoms with Gasteiger partial charge in [-0.2, -0.15) is 0 Å². The number of rotatable bonds is 2. The molecule has 0 aliphatic carbocycles. The maximum absolute atomic E-state index is 12.4. The molecule has 1 amide bonds. The lowest BCUT2D eigenvalue weighted by Crippen LogP contribution is -2.38. The molecule has 2 aromatic rings. The molecule has 1 aliphatic rings. The molecule has 0 atom stereocenters. The molecule has 1 aromatic heterocycles. The Kier molecular flexibility index (Phi) is 3.81. The third kappa shape index (κ3) is 2.56. The molecule has 1 saturated heterocycles. The van der Waals surface area contributed by atoms with Crippen LogP contribution in [0.5, 0.6) is 0 Å². The zero-order valence-corrected chi connectivity index (χ0v) is 13.5. The molecule has 22 heavy (non-hydrogen) atoms. The van der Waals surface area contributed by atoms with E-state index in [1.165, 1.54) is 0 Å². The molecule has 118 valence electrons. The van der Waals surface area contributed by atoms with Crippen molar-refractivity contribution >= 4 is 16.9 Å². The number of aryl methyl sites for hydroxylation is 2. The van der Waals surface area contributed by atoms with Gasteiger partial charge in [-0.15, -0.1) is 0 Å². The van der Waals surface area contributed by atoms with Gasteiger partial charge in [0.25, 0.3) is 0 Å². The van der Waals surface area contributed by atoms with Gasteiger partial charge in [-0.25, -0.2) is 4.79 Å². The van der Waals surface area contributed by atoms with E-state index in [0.717, 1.165) is 48.4 Å². The summed E-state index contributed by atoms with van der Waals surface area (Å²) in [7, 11) is 3.53. The summed E-state index contributed by atoms with van der Waals surface area (Å²) in [6.07, 6.45) is 2.60. The summed E-state index contributed by atoms with van der Waals surface area (Å²) < 4.78 is 3.26. The molecule has 2 heterocycles. The number of aromatic nitrogens is 2. The van der Waals surface area contributed by atoms with Crippen molar-refractivity contribution in [2.24, 2.45) is 20.0 Å². The molecule has 3 rings (SSSR count). The monoisotopic (exact) mass is 301 g/mol. The average molecular weight is 301 g/mol. The van der Waals surface area contributed by atoms with Crippen LogP contribution in [0.15, 0.2) is 23.0 Å². The smallest absolute Gasteiger partial charge is 0.328 e. The summed E-state index contributed by atoms with van der Waals surface area (Å²) in [5, 5.41) is 0. The number of fused-ring (bicyclic) bond motifs is 1. The molecule has 1 aliphatic heterocycles. The number of likely N-dealkylation sites (tertiary alicyclic amines) is 1. The second-order valence-corrected chi connectivity index (χ2v) is 6.46. The first-order valence-electron chi connectivity index (χ1n) is 7.89. The Bertz CT molecular complexity index is 764. The Hall–Kier alpha value is -2.04. The molecule has 0 unspecified atom stereocenters. The van der Waals surface area contributed by atoms with E-state index in [4.69, 9.17) is 0 Å². The van der Waals surface area contributed by atoms with Crippen molar-refractivity contribution in [1.29, 1.82) is 0 Å². The normalized spacial score (nSPS) is 16.4. The van der Waals surface area contributed by atoms with Gasteiger partial charge in [0.2, 0.25) is 5.91 Å². The van der Waals surface area contributed by atoms with Crippen LogP contribution in [0.3, 0.4) is 0 Å². The highest BCUT2D eigenvalue weighted by Crippen LogP contribution is 2.18. The second kappa shape index (κ2) is 5.63. The predicted octanol–water partition coefficient (Wildman–Crippen LogP) is 1.68. The molecule has 0 saturated carbocycles. The number of piperidine rings is 1. The number of carbonyl (C=O) groups excluding carboxylic acids is 1. The molecule has 0 N–H and O–H groups in total. The van der Waals surface area contributed by atoms with Crippen LogP contribution in [-0.4, -0.2) is 33.0 Å². The second-order valence-electron chi connectivity index (χ2n) is 6.46. The van der Waals surface area contributed by atoms with Crippen molar-refractivity contribution in [2.45, 2.75) is 26.2 Å². The first kappa shape index (κ1) is 14.9. The van der Waals surface area contributed by atoms with Gasteiger partial charge in [0.15, 0.2) is 0 Å². The van der Waals surface area contributed by atoms with Crippen LogP contribution in [0, 0.1) is 5.92 Å². The molecular weight excluding hydrogens is 278 g/mol. The van der Waals surface area contributed by atoms with Crippen molar-refractivity contribution < 1.29 is 4.79 Å². The summed E-state index contributed by atoms with van der Waals surface area (Å²) in [6, 6.07) is 5.84. The van der Waals surface area contributed by atoms with Crippen molar-refractivity contribution in [3.8, 4) is 0 Å².